The summed E-state index contributed by atoms with van der Waals surface area (Å²) in [4.78, 5) is 11.4. The first-order valence-corrected chi connectivity index (χ1v) is 14.9. The fraction of sp³-hybridized carbons (Fsp3) is 0.750. The second kappa shape index (κ2) is 9.26. The minimum absolute atomic E-state index is 0.0893. The molecule has 1 unspecified atom stereocenters. The Morgan fingerprint density at radius 3 is 1.88 bits per heavy atom. The Bertz CT molecular complexity index is 409. The van der Waals surface area contributed by atoms with Crippen LogP contribution in [-0.4, -0.2) is 53.0 Å². The van der Waals surface area contributed by atoms with Gasteiger partial charge in [-0.1, -0.05) is 6.58 Å². The van der Waals surface area contributed by atoms with Crippen molar-refractivity contribution >= 4 is 22.6 Å². The first kappa shape index (κ1) is 23.5. The topological polar surface area (TPSA) is 74.2 Å². The minimum atomic E-state index is -1.98. The van der Waals surface area contributed by atoms with E-state index in [9.17, 15) is 9.90 Å². The summed E-state index contributed by atoms with van der Waals surface area (Å²) in [5, 5.41) is 9.99. The Kier molecular flexibility index (Phi) is 9.06. The van der Waals surface area contributed by atoms with Crippen molar-refractivity contribution in [2.24, 2.45) is 0 Å². The summed E-state index contributed by atoms with van der Waals surface area (Å²) >= 11 is 0. The van der Waals surface area contributed by atoms with Crippen LogP contribution < -0.4 is 0 Å². The molecule has 0 amide bonds. The summed E-state index contributed by atoms with van der Waals surface area (Å²) in [6, 6.07) is 0. The van der Waals surface area contributed by atoms with Crippen LogP contribution in [0, 0.1) is 6.92 Å². The zero-order valence-corrected chi connectivity index (χ0v) is 18.1. The number of rotatable bonds is 11. The Hall–Kier alpha value is -0.516. The first-order chi connectivity index (χ1) is 10.7. The predicted molar refractivity (Wildman–Crippen MR) is 99.3 cm³/mol. The molecular formula is C16H33O6Si2. The van der Waals surface area contributed by atoms with E-state index < -0.39 is 34.7 Å². The number of aliphatic hydroxyl groups excluding tert-OH is 1. The highest BCUT2D eigenvalue weighted by Crippen LogP contribution is 2.29. The SMILES string of the molecule is [CH2]CC(OCC(O)COC(=O)C(=C)C)(O[Si](C)(C)C)O[Si](C)(C)C. The molecule has 0 fully saturated rings. The minimum Gasteiger partial charge on any atom is -0.460 e. The Balaban J connectivity index is 4.87. The molecule has 0 rings (SSSR count). The zero-order valence-electron chi connectivity index (χ0n) is 16.1. The van der Waals surface area contributed by atoms with Gasteiger partial charge in [-0.25, -0.2) is 4.79 Å². The van der Waals surface area contributed by atoms with Gasteiger partial charge in [0.1, 0.15) is 12.7 Å². The molecule has 0 aliphatic heterocycles. The van der Waals surface area contributed by atoms with Gasteiger partial charge in [-0.2, -0.15) is 0 Å². The average Bonchev–Trinajstić information content (AvgIpc) is 2.38. The van der Waals surface area contributed by atoms with Gasteiger partial charge < -0.3 is 23.4 Å². The first-order valence-electron chi connectivity index (χ1n) is 8.04. The Labute approximate surface area is 148 Å². The van der Waals surface area contributed by atoms with Crippen LogP contribution in [0.4, 0.5) is 0 Å². The fourth-order valence-corrected chi connectivity index (χ4v) is 4.11. The van der Waals surface area contributed by atoms with Gasteiger partial charge in [-0.05, 0) is 53.1 Å². The molecule has 0 heterocycles. The van der Waals surface area contributed by atoms with E-state index in [4.69, 9.17) is 18.3 Å². The molecule has 1 N–H and O–H groups in total. The molecule has 141 valence electrons. The summed E-state index contributed by atoms with van der Waals surface area (Å²) in [5.41, 5.74) is 0.277. The van der Waals surface area contributed by atoms with E-state index in [1.807, 2.05) is 39.3 Å². The van der Waals surface area contributed by atoms with Crippen LogP contribution in [0.2, 0.25) is 39.3 Å². The second-order valence-electron chi connectivity index (χ2n) is 7.71. The lowest BCUT2D eigenvalue weighted by atomic mass is 10.3. The van der Waals surface area contributed by atoms with Crippen molar-refractivity contribution in [3.8, 4) is 0 Å². The summed E-state index contributed by atoms with van der Waals surface area (Å²) < 4.78 is 22.9. The molecule has 0 bridgehead atoms. The van der Waals surface area contributed by atoms with Gasteiger partial charge in [0.15, 0.2) is 16.6 Å². The van der Waals surface area contributed by atoms with Crippen LogP contribution in [0.3, 0.4) is 0 Å². The molecule has 0 saturated carbocycles. The van der Waals surface area contributed by atoms with Gasteiger partial charge in [-0.15, -0.1) is 0 Å². The maximum absolute atomic E-state index is 11.4. The summed E-state index contributed by atoms with van der Waals surface area (Å²) in [7, 11) is -3.97. The van der Waals surface area contributed by atoms with Gasteiger partial charge in [0, 0.05) is 12.0 Å². The number of carbonyl (C=O) groups excluding carboxylic acids is 1. The lowest BCUT2D eigenvalue weighted by molar-refractivity contribution is -0.317. The highest BCUT2D eigenvalue weighted by atomic mass is 28.4. The van der Waals surface area contributed by atoms with Crippen LogP contribution >= 0.6 is 0 Å². The molecule has 6 nitrogen and oxygen atoms in total. The molecule has 0 spiro atoms. The molecule has 0 aromatic rings. The molecule has 0 aromatic carbocycles. The zero-order chi connectivity index (χ0) is 19.2. The van der Waals surface area contributed by atoms with E-state index in [-0.39, 0.29) is 25.2 Å². The number of aliphatic hydroxyl groups is 1. The van der Waals surface area contributed by atoms with Crippen molar-refractivity contribution in [3.63, 3.8) is 0 Å². The summed E-state index contributed by atoms with van der Waals surface area (Å²) in [6.07, 6.45) is -0.741. The quantitative estimate of drug-likeness (QED) is 0.258. The summed E-state index contributed by atoms with van der Waals surface area (Å²) in [5.74, 6) is -1.83. The van der Waals surface area contributed by atoms with Crippen molar-refractivity contribution in [1.82, 2.24) is 0 Å². The average molecular weight is 378 g/mol. The molecule has 1 radical (unpaired) electrons. The lowest BCUT2D eigenvalue weighted by Gasteiger charge is -2.41. The smallest absolute Gasteiger partial charge is 0.333 e. The summed E-state index contributed by atoms with van der Waals surface area (Å²) in [6.45, 7) is 20.8. The Morgan fingerprint density at radius 1 is 1.08 bits per heavy atom. The van der Waals surface area contributed by atoms with Crippen molar-refractivity contribution in [1.29, 1.82) is 0 Å². The van der Waals surface area contributed by atoms with Gasteiger partial charge in [0.25, 0.3) is 5.97 Å². The Morgan fingerprint density at radius 2 is 1.54 bits per heavy atom. The van der Waals surface area contributed by atoms with E-state index >= 15 is 0 Å². The number of hydrogen-bond acceptors (Lipinski definition) is 6. The fourth-order valence-electron chi connectivity index (χ4n) is 1.75. The van der Waals surface area contributed by atoms with Crippen LogP contribution in [-0.2, 0) is 23.1 Å². The monoisotopic (exact) mass is 377 g/mol. The number of hydrogen-bond donors (Lipinski definition) is 1. The van der Waals surface area contributed by atoms with E-state index in [1.165, 1.54) is 0 Å². The van der Waals surface area contributed by atoms with E-state index in [2.05, 4.69) is 13.5 Å². The second-order valence-corrected chi connectivity index (χ2v) is 16.6. The number of esters is 1. The molecule has 8 heteroatoms. The van der Waals surface area contributed by atoms with Crippen molar-refractivity contribution in [2.75, 3.05) is 13.2 Å². The lowest BCUT2D eigenvalue weighted by Crippen LogP contribution is -2.52. The maximum Gasteiger partial charge on any atom is 0.333 e. The predicted octanol–water partition coefficient (Wildman–Crippen LogP) is 3.06. The number of carbonyl (C=O) groups is 1. The van der Waals surface area contributed by atoms with Crippen LogP contribution in [0.1, 0.15) is 13.3 Å². The third-order valence-corrected chi connectivity index (χ3v) is 4.33. The van der Waals surface area contributed by atoms with Gasteiger partial charge in [0.2, 0.25) is 0 Å². The third-order valence-electron chi connectivity index (χ3n) is 2.48. The van der Waals surface area contributed by atoms with Crippen LogP contribution in [0.25, 0.3) is 0 Å². The molecule has 0 saturated heterocycles. The normalized spacial score (nSPS) is 14.4. The largest absolute Gasteiger partial charge is 0.460 e. The molecular weight excluding hydrogens is 344 g/mol. The number of ether oxygens (including phenoxy) is 2. The highest BCUT2D eigenvalue weighted by molar-refractivity contribution is 6.70. The standard InChI is InChI=1S/C16H33O6Si2/c1-10-16(21-23(4,5)6,22-24(7,8)9)20-12-14(17)11-19-15(18)13(2)3/h14,17H,1-2,10-12H2,3-9H3. The van der Waals surface area contributed by atoms with E-state index in [0.717, 1.165) is 0 Å². The molecule has 24 heavy (non-hydrogen) atoms. The molecule has 0 aliphatic rings. The molecule has 0 aliphatic carbocycles. The molecule has 1 atom stereocenters. The highest BCUT2D eigenvalue weighted by Gasteiger charge is 2.41. The molecule has 0 aromatic heterocycles. The van der Waals surface area contributed by atoms with E-state index in [0.29, 0.717) is 0 Å². The van der Waals surface area contributed by atoms with Crippen molar-refractivity contribution in [2.45, 2.75) is 64.7 Å². The maximum atomic E-state index is 11.4. The van der Waals surface area contributed by atoms with Crippen LogP contribution in [0.15, 0.2) is 12.2 Å². The van der Waals surface area contributed by atoms with Crippen molar-refractivity contribution < 1.29 is 28.2 Å². The van der Waals surface area contributed by atoms with Gasteiger partial charge in [-0.3, -0.25) is 0 Å². The van der Waals surface area contributed by atoms with Crippen molar-refractivity contribution in [3.05, 3.63) is 19.1 Å². The van der Waals surface area contributed by atoms with Gasteiger partial charge >= 0.3 is 5.97 Å². The van der Waals surface area contributed by atoms with Gasteiger partial charge in [0.05, 0.1) is 6.61 Å². The van der Waals surface area contributed by atoms with Crippen LogP contribution in [0.5, 0.6) is 0 Å². The van der Waals surface area contributed by atoms with E-state index in [1.54, 1.807) is 6.92 Å². The third kappa shape index (κ3) is 10.4.